The van der Waals surface area contributed by atoms with Crippen LogP contribution in [0.15, 0.2) is 22.7 Å². The predicted molar refractivity (Wildman–Crippen MR) is 89.8 cm³/mol. The second kappa shape index (κ2) is 7.88. The molecule has 1 N–H and O–H groups in total. The van der Waals surface area contributed by atoms with Gasteiger partial charge < -0.3 is 14.7 Å². The average Bonchev–Trinajstić information content (AvgIpc) is 3.16. The van der Waals surface area contributed by atoms with E-state index in [1.54, 1.807) is 0 Å². The molecule has 0 bridgehead atoms. The van der Waals surface area contributed by atoms with E-state index in [4.69, 9.17) is 4.52 Å². The van der Waals surface area contributed by atoms with Gasteiger partial charge in [0.2, 0.25) is 11.8 Å². The molecule has 2 unspecified atom stereocenters. The largest absolute Gasteiger partial charge is 0.338 e. The molecule has 9 heteroatoms. The van der Waals surface area contributed by atoms with E-state index in [1.807, 2.05) is 14.0 Å². The van der Waals surface area contributed by atoms with Crippen molar-refractivity contribution in [1.82, 2.24) is 15.5 Å². The van der Waals surface area contributed by atoms with Crippen LogP contribution in [0.4, 0.5) is 14.5 Å². The second-order valence-electron chi connectivity index (χ2n) is 5.87. The van der Waals surface area contributed by atoms with Gasteiger partial charge in [0.25, 0.3) is 0 Å². The molecule has 2 atom stereocenters. The van der Waals surface area contributed by atoms with Gasteiger partial charge in [-0.25, -0.2) is 8.78 Å². The Morgan fingerprint density at radius 2 is 2.16 bits per heavy atom. The molecule has 0 saturated carbocycles. The first-order valence-electron chi connectivity index (χ1n) is 7.75. The highest BCUT2D eigenvalue weighted by Gasteiger charge is 2.37. The van der Waals surface area contributed by atoms with Crippen LogP contribution in [0.3, 0.4) is 0 Å². The molecule has 25 heavy (non-hydrogen) atoms. The first kappa shape index (κ1) is 19.3. The lowest BCUT2D eigenvalue weighted by Gasteiger charge is -2.16. The highest BCUT2D eigenvalue weighted by atomic mass is 35.5. The second-order valence-corrected chi connectivity index (χ2v) is 5.87. The molecule has 1 aliphatic rings. The lowest BCUT2D eigenvalue weighted by atomic mass is 10.1. The number of amides is 1. The van der Waals surface area contributed by atoms with Crippen molar-refractivity contribution in [3.8, 4) is 0 Å². The van der Waals surface area contributed by atoms with Gasteiger partial charge in [-0.15, -0.1) is 12.4 Å². The molecule has 1 aromatic heterocycles. The van der Waals surface area contributed by atoms with E-state index in [-0.39, 0.29) is 30.2 Å². The number of hydrogen-bond donors (Lipinski definition) is 1. The molecule has 0 radical (unpaired) electrons. The van der Waals surface area contributed by atoms with Gasteiger partial charge in [0.1, 0.15) is 5.92 Å². The van der Waals surface area contributed by atoms with Crippen molar-refractivity contribution in [3.05, 3.63) is 41.5 Å². The first-order valence-corrected chi connectivity index (χ1v) is 7.75. The van der Waals surface area contributed by atoms with Gasteiger partial charge in [-0.05, 0) is 32.5 Å². The maximum absolute atomic E-state index is 13.4. The highest BCUT2D eigenvalue weighted by Crippen LogP contribution is 2.32. The van der Waals surface area contributed by atoms with Gasteiger partial charge >= 0.3 is 0 Å². The standard InChI is InChI=1S/C16H18F2N4O2.ClH/c1-9(19-2)7-14-20-15(24-21-14)11-5-6-22(16(11)23)10-3-4-12(17)13(18)8-10;/h3-4,8-9,11,19H,5-7H2,1-2H3;1H. The quantitative estimate of drug-likeness (QED) is 0.872. The summed E-state index contributed by atoms with van der Waals surface area (Å²) in [5.41, 5.74) is 0.324. The summed E-state index contributed by atoms with van der Waals surface area (Å²) in [6.07, 6.45) is 1.08. The third-order valence-electron chi connectivity index (χ3n) is 4.18. The number of halogens is 3. The SMILES string of the molecule is CNC(C)Cc1noc(C2CCN(c3ccc(F)c(F)c3)C2=O)n1.Cl. The zero-order valence-electron chi connectivity index (χ0n) is 13.8. The molecule has 0 spiro atoms. The minimum Gasteiger partial charge on any atom is -0.338 e. The van der Waals surface area contributed by atoms with Crippen LogP contribution in [-0.2, 0) is 11.2 Å². The van der Waals surface area contributed by atoms with E-state index in [2.05, 4.69) is 15.5 Å². The van der Waals surface area contributed by atoms with Crippen molar-refractivity contribution >= 4 is 24.0 Å². The molecule has 136 valence electrons. The third kappa shape index (κ3) is 3.96. The molecule has 1 aromatic carbocycles. The van der Waals surface area contributed by atoms with Crippen LogP contribution in [0.1, 0.15) is 31.0 Å². The third-order valence-corrected chi connectivity index (χ3v) is 4.18. The molecule has 1 aliphatic heterocycles. The number of nitrogens with one attached hydrogen (secondary N) is 1. The molecule has 6 nitrogen and oxygen atoms in total. The van der Waals surface area contributed by atoms with Crippen LogP contribution in [0.2, 0.25) is 0 Å². The van der Waals surface area contributed by atoms with Crippen molar-refractivity contribution < 1.29 is 18.1 Å². The van der Waals surface area contributed by atoms with Crippen LogP contribution in [0.5, 0.6) is 0 Å². The van der Waals surface area contributed by atoms with E-state index >= 15 is 0 Å². The predicted octanol–water partition coefficient (Wildman–Crippen LogP) is 2.44. The van der Waals surface area contributed by atoms with Crippen LogP contribution >= 0.6 is 12.4 Å². The van der Waals surface area contributed by atoms with Gasteiger partial charge in [0.05, 0.1) is 0 Å². The molecule has 3 rings (SSSR count). The van der Waals surface area contributed by atoms with Crippen molar-refractivity contribution in [1.29, 1.82) is 0 Å². The molecule has 1 fully saturated rings. The number of likely N-dealkylation sites (N-methyl/N-ethyl adjacent to an activating group) is 1. The molecular weight excluding hydrogens is 354 g/mol. The number of hydrogen-bond acceptors (Lipinski definition) is 5. The fraction of sp³-hybridized carbons (Fsp3) is 0.438. The highest BCUT2D eigenvalue weighted by molar-refractivity contribution is 5.99. The van der Waals surface area contributed by atoms with Gasteiger partial charge in [0.15, 0.2) is 17.5 Å². The number of rotatable bonds is 5. The topological polar surface area (TPSA) is 71.3 Å². The van der Waals surface area contributed by atoms with Crippen LogP contribution in [-0.4, -0.2) is 35.7 Å². The van der Waals surface area contributed by atoms with Crippen molar-refractivity contribution in [2.75, 3.05) is 18.5 Å². The van der Waals surface area contributed by atoms with Crippen LogP contribution in [0.25, 0.3) is 0 Å². The molecule has 2 aromatic rings. The van der Waals surface area contributed by atoms with E-state index in [1.165, 1.54) is 11.0 Å². The number of nitrogens with zero attached hydrogens (tertiary/aromatic N) is 3. The van der Waals surface area contributed by atoms with Gasteiger partial charge in [-0.3, -0.25) is 4.79 Å². The molecule has 1 saturated heterocycles. The Labute approximate surface area is 150 Å². The fourth-order valence-corrected chi connectivity index (χ4v) is 2.69. The summed E-state index contributed by atoms with van der Waals surface area (Å²) < 4.78 is 31.6. The lowest BCUT2D eigenvalue weighted by Crippen LogP contribution is -2.26. The smallest absolute Gasteiger partial charge is 0.239 e. The molecular formula is C16H19ClF2N4O2. The van der Waals surface area contributed by atoms with Crippen molar-refractivity contribution in [2.24, 2.45) is 0 Å². The van der Waals surface area contributed by atoms with Crippen LogP contribution in [0, 0.1) is 11.6 Å². The Morgan fingerprint density at radius 1 is 1.40 bits per heavy atom. The minimum absolute atomic E-state index is 0. The molecule has 2 heterocycles. The molecule has 0 aliphatic carbocycles. The van der Waals surface area contributed by atoms with Gasteiger partial charge in [-0.2, -0.15) is 4.98 Å². The number of carbonyl (C=O) groups excluding carboxylic acids is 1. The first-order chi connectivity index (χ1) is 11.5. The Kier molecular flexibility index (Phi) is 6.07. The van der Waals surface area contributed by atoms with Gasteiger partial charge in [-0.1, -0.05) is 5.16 Å². The summed E-state index contributed by atoms with van der Waals surface area (Å²) in [5, 5.41) is 6.98. The van der Waals surface area contributed by atoms with E-state index in [9.17, 15) is 13.6 Å². The molecule has 1 amide bonds. The zero-order chi connectivity index (χ0) is 17.3. The summed E-state index contributed by atoms with van der Waals surface area (Å²) in [6, 6.07) is 3.60. The number of aromatic nitrogens is 2. The summed E-state index contributed by atoms with van der Waals surface area (Å²) >= 11 is 0. The maximum Gasteiger partial charge on any atom is 0.239 e. The summed E-state index contributed by atoms with van der Waals surface area (Å²) in [4.78, 5) is 18.3. The Hall–Kier alpha value is -2.06. The number of benzene rings is 1. The zero-order valence-corrected chi connectivity index (χ0v) is 14.6. The van der Waals surface area contributed by atoms with E-state index < -0.39 is 17.6 Å². The van der Waals surface area contributed by atoms with E-state index in [0.29, 0.717) is 30.9 Å². The monoisotopic (exact) mass is 372 g/mol. The summed E-state index contributed by atoms with van der Waals surface area (Å²) in [7, 11) is 1.84. The number of carbonyl (C=O) groups is 1. The normalized spacial score (nSPS) is 18.3. The number of anilines is 1. The average molecular weight is 373 g/mol. The Morgan fingerprint density at radius 3 is 2.84 bits per heavy atom. The van der Waals surface area contributed by atoms with Crippen molar-refractivity contribution in [2.45, 2.75) is 31.7 Å². The van der Waals surface area contributed by atoms with Gasteiger partial charge in [0, 0.05) is 30.8 Å². The summed E-state index contributed by atoms with van der Waals surface area (Å²) in [6.45, 7) is 2.38. The lowest BCUT2D eigenvalue weighted by molar-refractivity contribution is -0.118. The van der Waals surface area contributed by atoms with Crippen molar-refractivity contribution in [3.63, 3.8) is 0 Å². The fourth-order valence-electron chi connectivity index (χ4n) is 2.69. The Bertz CT molecular complexity index is 755. The Balaban J connectivity index is 0.00000225. The van der Waals surface area contributed by atoms with E-state index in [0.717, 1.165) is 12.1 Å². The minimum atomic E-state index is -0.982. The maximum atomic E-state index is 13.4. The van der Waals surface area contributed by atoms with Crippen LogP contribution < -0.4 is 10.2 Å². The summed E-state index contributed by atoms with van der Waals surface area (Å²) in [5.74, 6) is -1.93.